The number of hydrogen-bond acceptors (Lipinski definition) is 5. The average Bonchev–Trinajstić information content (AvgIpc) is 3.57. The summed E-state index contributed by atoms with van der Waals surface area (Å²) >= 11 is 1.70. The lowest BCUT2D eigenvalue weighted by molar-refractivity contribution is -0.132. The highest BCUT2D eigenvalue weighted by Gasteiger charge is 2.30. The second-order valence-corrected chi connectivity index (χ2v) is 10.1. The van der Waals surface area contributed by atoms with Gasteiger partial charge in [0.05, 0.1) is 6.04 Å². The summed E-state index contributed by atoms with van der Waals surface area (Å²) in [7, 11) is 0. The van der Waals surface area contributed by atoms with Crippen LogP contribution < -0.4 is 11.2 Å². The molecule has 0 bridgehead atoms. The zero-order chi connectivity index (χ0) is 24.1. The molecule has 1 N–H and O–H groups in total. The molecule has 1 unspecified atom stereocenters. The van der Waals surface area contributed by atoms with Crippen LogP contribution in [0.1, 0.15) is 82.0 Å². The Kier molecular flexibility index (Phi) is 8.03. The maximum atomic E-state index is 13.2. The van der Waals surface area contributed by atoms with Crippen molar-refractivity contribution >= 4 is 28.4 Å². The number of H-pyrrole nitrogens is 1. The van der Waals surface area contributed by atoms with E-state index >= 15 is 0 Å². The van der Waals surface area contributed by atoms with Crippen LogP contribution in [0.25, 0.3) is 11.2 Å². The molecular weight excluding hydrogens is 450 g/mol. The molecule has 1 amide bonds. The number of rotatable bonds is 11. The summed E-state index contributed by atoms with van der Waals surface area (Å²) in [5.41, 5.74) is 0.0833. The van der Waals surface area contributed by atoms with Gasteiger partial charge in [-0.25, -0.2) is 9.78 Å². The fourth-order valence-electron chi connectivity index (χ4n) is 4.90. The van der Waals surface area contributed by atoms with Crippen molar-refractivity contribution in [3.8, 4) is 0 Å². The fraction of sp³-hybridized carbons (Fsp3) is 0.600. The molecule has 0 spiro atoms. The van der Waals surface area contributed by atoms with Gasteiger partial charge in [0.1, 0.15) is 5.82 Å². The van der Waals surface area contributed by atoms with E-state index in [4.69, 9.17) is 4.98 Å². The van der Waals surface area contributed by atoms with Gasteiger partial charge in [-0.2, -0.15) is 0 Å². The van der Waals surface area contributed by atoms with Crippen molar-refractivity contribution in [3.63, 3.8) is 0 Å². The molecule has 184 valence electrons. The molecule has 0 aliphatic carbocycles. The molecule has 1 aliphatic heterocycles. The molecule has 1 aliphatic rings. The van der Waals surface area contributed by atoms with Gasteiger partial charge >= 0.3 is 5.69 Å². The Hall–Kier alpha value is -2.68. The number of aromatic amines is 1. The Labute approximate surface area is 203 Å². The molecular formula is C25H35N5O3S. The highest BCUT2D eigenvalue weighted by atomic mass is 32.1. The molecule has 0 saturated carbocycles. The van der Waals surface area contributed by atoms with Gasteiger partial charge in [0.15, 0.2) is 11.2 Å². The topological polar surface area (TPSA) is 93.0 Å². The summed E-state index contributed by atoms with van der Waals surface area (Å²) in [6.07, 6.45) is 7.61. The van der Waals surface area contributed by atoms with Crippen molar-refractivity contribution in [1.29, 1.82) is 0 Å². The van der Waals surface area contributed by atoms with Crippen LogP contribution in [0.2, 0.25) is 0 Å². The van der Waals surface area contributed by atoms with E-state index in [1.807, 2.05) is 15.5 Å². The summed E-state index contributed by atoms with van der Waals surface area (Å²) in [6, 6.07) is 4.31. The van der Waals surface area contributed by atoms with Crippen molar-refractivity contribution in [2.75, 3.05) is 6.54 Å². The summed E-state index contributed by atoms with van der Waals surface area (Å²) in [4.78, 5) is 49.0. The molecule has 9 heteroatoms. The predicted molar refractivity (Wildman–Crippen MR) is 135 cm³/mol. The first-order valence-electron chi connectivity index (χ1n) is 12.6. The Morgan fingerprint density at radius 2 is 1.94 bits per heavy atom. The first-order chi connectivity index (χ1) is 16.5. The van der Waals surface area contributed by atoms with Gasteiger partial charge in [0, 0.05) is 37.4 Å². The minimum absolute atomic E-state index is 0.125. The smallest absolute Gasteiger partial charge is 0.330 e. The highest BCUT2D eigenvalue weighted by Crippen LogP contribution is 2.35. The number of thiophene rings is 1. The lowest BCUT2D eigenvalue weighted by Crippen LogP contribution is -2.31. The van der Waals surface area contributed by atoms with E-state index in [1.54, 1.807) is 15.9 Å². The number of nitrogens with one attached hydrogen (secondary N) is 1. The minimum atomic E-state index is -0.414. The van der Waals surface area contributed by atoms with Crippen LogP contribution in [0.4, 0.5) is 0 Å². The Morgan fingerprint density at radius 1 is 1.15 bits per heavy atom. The maximum absolute atomic E-state index is 13.2. The van der Waals surface area contributed by atoms with Crippen molar-refractivity contribution < 1.29 is 4.79 Å². The van der Waals surface area contributed by atoms with Gasteiger partial charge in [-0.05, 0) is 37.1 Å². The molecule has 34 heavy (non-hydrogen) atoms. The average molecular weight is 486 g/mol. The molecule has 1 atom stereocenters. The molecule has 3 aromatic rings. The van der Waals surface area contributed by atoms with E-state index in [-0.39, 0.29) is 11.9 Å². The number of carbonyl (C=O) groups is 1. The van der Waals surface area contributed by atoms with Crippen LogP contribution in [-0.2, 0) is 24.3 Å². The van der Waals surface area contributed by atoms with Crippen LogP contribution in [0.15, 0.2) is 27.1 Å². The van der Waals surface area contributed by atoms with Gasteiger partial charge < -0.3 is 9.47 Å². The fourth-order valence-corrected chi connectivity index (χ4v) is 5.77. The van der Waals surface area contributed by atoms with Gasteiger partial charge in [-0.3, -0.25) is 19.1 Å². The third-order valence-electron chi connectivity index (χ3n) is 6.69. The van der Waals surface area contributed by atoms with E-state index in [2.05, 4.69) is 30.3 Å². The molecule has 1 fully saturated rings. The zero-order valence-electron chi connectivity index (χ0n) is 20.2. The van der Waals surface area contributed by atoms with E-state index in [0.717, 1.165) is 51.5 Å². The standard InChI is InChI=1S/C25H35N5O3S/c1-3-5-7-15-29-20(26-23-22(29)24(32)27-25(33)30(23)14-6-4-2)12-13-21(31)28-16-8-10-18(28)19-11-9-17-34-19/h9,11,17-18H,3-8,10,12-16H2,1-2H3,(H,27,32,33). The molecule has 0 radical (unpaired) electrons. The first-order valence-corrected chi connectivity index (χ1v) is 13.5. The van der Waals surface area contributed by atoms with Crippen molar-refractivity contribution in [3.05, 3.63) is 49.1 Å². The summed E-state index contributed by atoms with van der Waals surface area (Å²) in [5.74, 6) is 0.841. The number of carbonyl (C=O) groups excluding carboxylic acids is 1. The van der Waals surface area contributed by atoms with Crippen molar-refractivity contribution in [2.45, 2.75) is 90.8 Å². The lowest BCUT2D eigenvalue weighted by Gasteiger charge is -2.24. The SMILES string of the molecule is CCCCCn1c(CCC(=O)N2CCCC2c2cccs2)nc2c1c(=O)[nH]c(=O)n2CCCC. The summed E-state index contributed by atoms with van der Waals surface area (Å²) < 4.78 is 3.52. The second-order valence-electron chi connectivity index (χ2n) is 9.08. The Balaban J connectivity index is 1.62. The molecule has 3 aromatic heterocycles. The normalized spacial score (nSPS) is 16.1. The quantitative estimate of drug-likeness (QED) is 0.411. The largest absolute Gasteiger partial charge is 0.335 e. The number of imidazole rings is 1. The van der Waals surface area contributed by atoms with E-state index in [9.17, 15) is 14.4 Å². The predicted octanol–water partition coefficient (Wildman–Crippen LogP) is 4.23. The van der Waals surface area contributed by atoms with Crippen LogP contribution >= 0.6 is 11.3 Å². The first kappa shape index (κ1) is 24.4. The number of nitrogens with zero attached hydrogens (tertiary/aromatic N) is 4. The van der Waals surface area contributed by atoms with Gasteiger partial charge in [0.25, 0.3) is 5.56 Å². The van der Waals surface area contributed by atoms with Gasteiger partial charge in [-0.15, -0.1) is 11.3 Å². The van der Waals surface area contributed by atoms with Crippen LogP contribution in [0.5, 0.6) is 0 Å². The lowest BCUT2D eigenvalue weighted by atomic mass is 10.1. The van der Waals surface area contributed by atoms with Crippen molar-refractivity contribution in [1.82, 2.24) is 24.0 Å². The van der Waals surface area contributed by atoms with Crippen LogP contribution in [0.3, 0.4) is 0 Å². The number of amides is 1. The summed E-state index contributed by atoms with van der Waals surface area (Å²) in [6.45, 7) is 6.16. The third-order valence-corrected chi connectivity index (χ3v) is 7.67. The van der Waals surface area contributed by atoms with E-state index < -0.39 is 11.2 Å². The van der Waals surface area contributed by atoms with Gasteiger partial charge in [0.2, 0.25) is 5.91 Å². The number of aromatic nitrogens is 4. The molecule has 0 aromatic carbocycles. The second kappa shape index (κ2) is 11.2. The number of fused-ring (bicyclic) bond motifs is 1. The Morgan fingerprint density at radius 3 is 2.68 bits per heavy atom. The Bertz CT molecular complexity index is 1220. The molecule has 4 rings (SSSR count). The summed E-state index contributed by atoms with van der Waals surface area (Å²) in [5, 5.41) is 2.06. The van der Waals surface area contributed by atoms with Crippen LogP contribution in [0, 0.1) is 0 Å². The van der Waals surface area contributed by atoms with Gasteiger partial charge in [-0.1, -0.05) is 39.2 Å². The number of likely N-dealkylation sites (tertiary alicyclic amines) is 1. The number of unbranched alkanes of at least 4 members (excludes halogenated alkanes) is 3. The van der Waals surface area contributed by atoms with E-state index in [0.29, 0.717) is 42.9 Å². The minimum Gasteiger partial charge on any atom is -0.335 e. The highest BCUT2D eigenvalue weighted by molar-refractivity contribution is 7.10. The molecule has 1 saturated heterocycles. The monoisotopic (exact) mass is 485 g/mol. The van der Waals surface area contributed by atoms with E-state index in [1.165, 1.54) is 4.88 Å². The molecule has 8 nitrogen and oxygen atoms in total. The third kappa shape index (κ3) is 5.04. The zero-order valence-corrected chi connectivity index (χ0v) is 21.0. The number of aryl methyl sites for hydroxylation is 3. The van der Waals surface area contributed by atoms with Crippen LogP contribution in [-0.4, -0.2) is 36.5 Å². The maximum Gasteiger partial charge on any atom is 0.330 e. The molecule has 4 heterocycles. The number of hydrogen-bond donors (Lipinski definition) is 1. The van der Waals surface area contributed by atoms with Crippen molar-refractivity contribution in [2.24, 2.45) is 0 Å².